The van der Waals surface area contributed by atoms with Gasteiger partial charge in [0.25, 0.3) is 5.71 Å². The number of aromatic nitrogens is 3. The Morgan fingerprint density at radius 2 is 2.04 bits per heavy atom. The second-order valence-electron chi connectivity index (χ2n) is 7.96. The van der Waals surface area contributed by atoms with Gasteiger partial charge in [0, 0.05) is 46.2 Å². The molecule has 0 aliphatic carbocycles. The van der Waals surface area contributed by atoms with E-state index in [0.717, 1.165) is 36.4 Å². The standard InChI is InChI=1S/C20H31N5O3/c1-13-10-14(2)12-25(11-13)19-18-15(3)24-28-20(18)23-16(22-19)6-7-17(26)21-8-5-9-27-4/h13-14H,5-12H2,1-4H3,(H,21,26)/t13-,14+. The molecular formula is C20H31N5O3. The van der Waals surface area contributed by atoms with E-state index in [1.807, 2.05) is 6.92 Å². The predicted molar refractivity (Wildman–Crippen MR) is 107 cm³/mol. The van der Waals surface area contributed by atoms with E-state index in [1.165, 1.54) is 6.42 Å². The number of ether oxygens (including phenoxy) is 1. The Hall–Kier alpha value is -2.22. The lowest BCUT2D eigenvalue weighted by molar-refractivity contribution is -0.121. The van der Waals surface area contributed by atoms with Crippen molar-refractivity contribution < 1.29 is 14.1 Å². The van der Waals surface area contributed by atoms with E-state index in [9.17, 15) is 4.79 Å². The van der Waals surface area contributed by atoms with Crippen LogP contribution >= 0.6 is 0 Å². The molecule has 0 radical (unpaired) electrons. The number of hydrogen-bond acceptors (Lipinski definition) is 7. The molecular weight excluding hydrogens is 358 g/mol. The molecule has 1 N–H and O–H groups in total. The summed E-state index contributed by atoms with van der Waals surface area (Å²) in [4.78, 5) is 23.7. The summed E-state index contributed by atoms with van der Waals surface area (Å²) in [7, 11) is 1.65. The highest BCUT2D eigenvalue weighted by Crippen LogP contribution is 2.31. The number of nitrogens with zero attached hydrogens (tertiary/aromatic N) is 4. The van der Waals surface area contributed by atoms with E-state index in [2.05, 4.69) is 34.2 Å². The molecule has 1 saturated heterocycles. The highest BCUT2D eigenvalue weighted by molar-refractivity contribution is 5.88. The van der Waals surface area contributed by atoms with Crippen molar-refractivity contribution in [2.75, 3.05) is 38.3 Å². The lowest BCUT2D eigenvalue weighted by Crippen LogP contribution is -2.39. The minimum atomic E-state index is -0.00434. The number of carbonyl (C=O) groups is 1. The number of aryl methyl sites for hydroxylation is 2. The molecule has 0 aromatic carbocycles. The molecule has 0 bridgehead atoms. The number of anilines is 1. The molecule has 1 fully saturated rings. The van der Waals surface area contributed by atoms with Gasteiger partial charge in [-0.15, -0.1) is 0 Å². The Kier molecular flexibility index (Phi) is 6.83. The summed E-state index contributed by atoms with van der Waals surface area (Å²) in [6.45, 7) is 9.64. The van der Waals surface area contributed by atoms with E-state index in [0.29, 0.717) is 49.4 Å². The van der Waals surface area contributed by atoms with Gasteiger partial charge in [0.1, 0.15) is 17.0 Å². The smallest absolute Gasteiger partial charge is 0.263 e. The van der Waals surface area contributed by atoms with Gasteiger partial charge in [0.15, 0.2) is 0 Å². The van der Waals surface area contributed by atoms with E-state index in [1.54, 1.807) is 7.11 Å². The average molecular weight is 390 g/mol. The van der Waals surface area contributed by atoms with Crippen LogP contribution in [0.1, 0.15) is 44.6 Å². The summed E-state index contributed by atoms with van der Waals surface area (Å²) in [5, 5.41) is 7.87. The zero-order valence-electron chi connectivity index (χ0n) is 17.3. The maximum absolute atomic E-state index is 12.1. The molecule has 0 spiro atoms. The zero-order chi connectivity index (χ0) is 20.1. The molecule has 2 aromatic rings. The fourth-order valence-electron chi connectivity index (χ4n) is 3.95. The summed E-state index contributed by atoms with van der Waals surface area (Å²) in [6.07, 6.45) is 2.84. The second kappa shape index (κ2) is 9.32. The van der Waals surface area contributed by atoms with E-state index in [4.69, 9.17) is 14.2 Å². The molecule has 0 saturated carbocycles. The van der Waals surface area contributed by atoms with Gasteiger partial charge >= 0.3 is 0 Å². The fourth-order valence-corrected chi connectivity index (χ4v) is 3.95. The third-order valence-electron chi connectivity index (χ3n) is 5.13. The Morgan fingerprint density at radius 1 is 1.29 bits per heavy atom. The lowest BCUT2D eigenvalue weighted by Gasteiger charge is -2.36. The average Bonchev–Trinajstić information content (AvgIpc) is 3.03. The third kappa shape index (κ3) is 4.98. The topological polar surface area (TPSA) is 93.4 Å². The van der Waals surface area contributed by atoms with Gasteiger partial charge in [0.2, 0.25) is 5.91 Å². The first-order valence-corrected chi connectivity index (χ1v) is 10.1. The van der Waals surface area contributed by atoms with Gasteiger partial charge in [-0.1, -0.05) is 19.0 Å². The Morgan fingerprint density at radius 3 is 2.75 bits per heavy atom. The molecule has 1 aliphatic heterocycles. The normalized spacial score (nSPS) is 19.9. The van der Waals surface area contributed by atoms with Crippen LogP contribution in [0.4, 0.5) is 5.82 Å². The van der Waals surface area contributed by atoms with Gasteiger partial charge in [-0.2, -0.15) is 4.98 Å². The zero-order valence-corrected chi connectivity index (χ0v) is 17.3. The highest BCUT2D eigenvalue weighted by atomic mass is 16.5. The third-order valence-corrected chi connectivity index (χ3v) is 5.13. The van der Waals surface area contributed by atoms with Gasteiger partial charge in [-0.3, -0.25) is 4.79 Å². The van der Waals surface area contributed by atoms with Crippen molar-refractivity contribution in [2.45, 2.75) is 46.5 Å². The molecule has 1 aliphatic rings. The molecule has 1 amide bonds. The Balaban J connectivity index is 1.74. The van der Waals surface area contributed by atoms with Crippen molar-refractivity contribution in [1.29, 1.82) is 0 Å². The summed E-state index contributed by atoms with van der Waals surface area (Å²) in [6, 6.07) is 0. The lowest BCUT2D eigenvalue weighted by atomic mass is 9.92. The minimum absolute atomic E-state index is 0.00434. The van der Waals surface area contributed by atoms with Crippen molar-refractivity contribution >= 4 is 22.8 Å². The van der Waals surface area contributed by atoms with Crippen molar-refractivity contribution in [3.8, 4) is 0 Å². The summed E-state index contributed by atoms with van der Waals surface area (Å²) in [5.41, 5.74) is 1.31. The van der Waals surface area contributed by atoms with Crippen LogP contribution in [0, 0.1) is 18.8 Å². The number of fused-ring (bicyclic) bond motifs is 1. The van der Waals surface area contributed by atoms with Crippen molar-refractivity contribution in [3.05, 3.63) is 11.5 Å². The van der Waals surface area contributed by atoms with Crippen molar-refractivity contribution in [3.63, 3.8) is 0 Å². The number of nitrogens with one attached hydrogen (secondary N) is 1. The number of carbonyl (C=O) groups excluding carboxylic acids is 1. The van der Waals surface area contributed by atoms with E-state index in [-0.39, 0.29) is 5.91 Å². The molecule has 8 nitrogen and oxygen atoms in total. The van der Waals surface area contributed by atoms with Gasteiger partial charge in [0.05, 0.1) is 5.69 Å². The molecule has 2 aromatic heterocycles. The molecule has 154 valence electrons. The number of hydrogen-bond donors (Lipinski definition) is 1. The van der Waals surface area contributed by atoms with Crippen molar-refractivity contribution in [1.82, 2.24) is 20.4 Å². The van der Waals surface area contributed by atoms with Gasteiger partial charge < -0.3 is 19.5 Å². The van der Waals surface area contributed by atoms with Crippen LogP contribution in [-0.4, -0.2) is 54.4 Å². The maximum atomic E-state index is 12.1. The van der Waals surface area contributed by atoms with Gasteiger partial charge in [-0.05, 0) is 31.6 Å². The summed E-state index contributed by atoms with van der Waals surface area (Å²) in [5.74, 6) is 2.72. The first-order chi connectivity index (χ1) is 13.5. The highest BCUT2D eigenvalue weighted by Gasteiger charge is 2.27. The van der Waals surface area contributed by atoms with Crippen LogP contribution < -0.4 is 10.2 Å². The number of piperidine rings is 1. The molecule has 28 heavy (non-hydrogen) atoms. The fraction of sp³-hybridized carbons (Fsp3) is 0.700. The van der Waals surface area contributed by atoms with E-state index < -0.39 is 0 Å². The SMILES string of the molecule is COCCCNC(=O)CCc1nc(N2C[C@H](C)C[C@H](C)C2)c2c(C)noc2n1. The number of rotatable bonds is 8. The minimum Gasteiger partial charge on any atom is -0.385 e. The first-order valence-electron chi connectivity index (χ1n) is 10.1. The molecule has 2 atom stereocenters. The van der Waals surface area contributed by atoms with Crippen LogP contribution in [-0.2, 0) is 16.0 Å². The Labute approximate surface area is 166 Å². The number of methoxy groups -OCH3 is 1. The number of amides is 1. The van der Waals surface area contributed by atoms with Crippen LogP contribution in [0.2, 0.25) is 0 Å². The van der Waals surface area contributed by atoms with Crippen LogP contribution in [0.3, 0.4) is 0 Å². The molecule has 0 unspecified atom stereocenters. The predicted octanol–water partition coefficient (Wildman–Crippen LogP) is 2.49. The molecule has 8 heteroatoms. The summed E-state index contributed by atoms with van der Waals surface area (Å²) >= 11 is 0. The summed E-state index contributed by atoms with van der Waals surface area (Å²) < 4.78 is 10.4. The maximum Gasteiger partial charge on any atom is 0.263 e. The van der Waals surface area contributed by atoms with Crippen LogP contribution in [0.5, 0.6) is 0 Å². The van der Waals surface area contributed by atoms with Crippen LogP contribution in [0.25, 0.3) is 11.1 Å². The molecule has 3 heterocycles. The van der Waals surface area contributed by atoms with Crippen LogP contribution in [0.15, 0.2) is 4.52 Å². The quantitative estimate of drug-likeness (QED) is 0.693. The van der Waals surface area contributed by atoms with Crippen molar-refractivity contribution in [2.24, 2.45) is 11.8 Å². The van der Waals surface area contributed by atoms with E-state index >= 15 is 0 Å². The first kappa shape index (κ1) is 20.5. The second-order valence-corrected chi connectivity index (χ2v) is 7.96. The molecule has 3 rings (SSSR count). The largest absolute Gasteiger partial charge is 0.385 e. The van der Waals surface area contributed by atoms with Gasteiger partial charge in [-0.25, -0.2) is 4.98 Å². The monoisotopic (exact) mass is 389 g/mol. The Bertz CT molecular complexity index is 796.